The Bertz CT molecular complexity index is 1080. The number of carbonyl (C=O) groups excluding carboxylic acids is 5. The van der Waals surface area contributed by atoms with Gasteiger partial charge in [-0.25, -0.2) is 0 Å². The molecule has 0 spiro atoms. The number of anilines is 1. The zero-order chi connectivity index (χ0) is 29.0. The molecule has 2 N–H and O–H groups in total. The minimum absolute atomic E-state index is 0.0917. The summed E-state index contributed by atoms with van der Waals surface area (Å²) in [5.74, 6) is -1.15. The molecule has 39 heavy (non-hydrogen) atoms. The van der Waals surface area contributed by atoms with Gasteiger partial charge in [0, 0.05) is 38.8 Å². The maximum atomic E-state index is 13.8. The Balaban J connectivity index is 1.77. The smallest absolute Gasteiger partial charge is 0.251 e. The van der Waals surface area contributed by atoms with Crippen molar-refractivity contribution >= 4 is 35.1 Å². The van der Waals surface area contributed by atoms with Crippen molar-refractivity contribution in [2.24, 2.45) is 11.8 Å². The Morgan fingerprint density at radius 2 is 1.44 bits per heavy atom. The van der Waals surface area contributed by atoms with Crippen LogP contribution >= 0.6 is 0 Å². The fraction of sp³-hybridized carbons (Fsp3) is 0.621. The minimum Gasteiger partial charge on any atom is -0.378 e. The first-order valence-electron chi connectivity index (χ1n) is 13.8. The van der Waals surface area contributed by atoms with E-state index >= 15 is 0 Å². The molecule has 4 unspecified atom stereocenters. The van der Waals surface area contributed by atoms with Crippen LogP contribution in [0.15, 0.2) is 24.3 Å². The van der Waals surface area contributed by atoms with E-state index in [1.807, 2.05) is 58.8 Å². The molecule has 0 radical (unpaired) electrons. The molecule has 0 saturated carbocycles. The topological polar surface area (TPSA) is 119 Å². The standard InChI is InChI=1S/C29H43N5O5/c1-17(2)14-22(30-19(5)35)29(39)34-16-25(36)26-24(34)12-13-33(26)28(38)23(15-18(3)4)31-27(37)20-8-10-21(11-9-20)32(6)7/h8-11,17-18,22-24,26H,12-16H2,1-7H3,(H,30,35)(H,31,37). The SMILES string of the molecule is CC(=O)NC(CC(C)C)C(=O)N1CC(=O)C2C1CCN2C(=O)C(CC(C)C)NC(=O)c1ccc(N(C)C)cc1. The second kappa shape index (κ2) is 12.6. The van der Waals surface area contributed by atoms with E-state index < -0.39 is 24.2 Å². The average Bonchev–Trinajstić information content (AvgIpc) is 3.42. The highest BCUT2D eigenvalue weighted by Crippen LogP contribution is 2.31. The number of nitrogens with one attached hydrogen (secondary N) is 2. The predicted octanol–water partition coefficient (Wildman–Crippen LogP) is 1.83. The van der Waals surface area contributed by atoms with Crippen LogP contribution in [0.2, 0.25) is 0 Å². The normalized spacial score (nSPS) is 20.2. The van der Waals surface area contributed by atoms with Gasteiger partial charge in [0.05, 0.1) is 12.6 Å². The van der Waals surface area contributed by atoms with Gasteiger partial charge in [0.15, 0.2) is 5.78 Å². The van der Waals surface area contributed by atoms with Crippen LogP contribution in [-0.2, 0) is 19.2 Å². The molecule has 1 aromatic carbocycles. The minimum atomic E-state index is -0.796. The van der Waals surface area contributed by atoms with Gasteiger partial charge in [0.1, 0.15) is 18.1 Å². The molecule has 10 heteroatoms. The van der Waals surface area contributed by atoms with E-state index in [0.29, 0.717) is 31.4 Å². The van der Waals surface area contributed by atoms with Crippen LogP contribution in [0.25, 0.3) is 0 Å². The monoisotopic (exact) mass is 541 g/mol. The Kier molecular flexibility index (Phi) is 9.74. The lowest BCUT2D eigenvalue weighted by molar-refractivity contribution is -0.138. The van der Waals surface area contributed by atoms with E-state index in [0.717, 1.165) is 5.69 Å². The van der Waals surface area contributed by atoms with Gasteiger partial charge in [0.2, 0.25) is 17.7 Å². The van der Waals surface area contributed by atoms with E-state index in [-0.39, 0.29) is 47.8 Å². The molecule has 0 bridgehead atoms. The van der Waals surface area contributed by atoms with Crippen molar-refractivity contribution in [2.75, 3.05) is 32.1 Å². The van der Waals surface area contributed by atoms with Gasteiger partial charge in [-0.1, -0.05) is 27.7 Å². The molecule has 0 aromatic heterocycles. The quantitative estimate of drug-likeness (QED) is 0.467. The van der Waals surface area contributed by atoms with E-state index in [1.165, 1.54) is 11.8 Å². The lowest BCUT2D eigenvalue weighted by Crippen LogP contribution is -2.53. The van der Waals surface area contributed by atoms with Crippen molar-refractivity contribution < 1.29 is 24.0 Å². The number of fused-ring (bicyclic) bond motifs is 1. The molecular weight excluding hydrogens is 498 g/mol. The number of rotatable bonds is 10. The second-order valence-electron chi connectivity index (χ2n) is 11.7. The number of hydrogen-bond acceptors (Lipinski definition) is 6. The second-order valence-corrected chi connectivity index (χ2v) is 11.7. The van der Waals surface area contributed by atoms with Gasteiger partial charge in [-0.05, 0) is 55.4 Å². The van der Waals surface area contributed by atoms with Crippen molar-refractivity contribution in [3.8, 4) is 0 Å². The van der Waals surface area contributed by atoms with Crippen molar-refractivity contribution in [2.45, 2.75) is 78.0 Å². The Hall–Kier alpha value is -3.43. The first kappa shape index (κ1) is 30.1. The highest BCUT2D eigenvalue weighted by atomic mass is 16.2. The summed E-state index contributed by atoms with van der Waals surface area (Å²) in [4.78, 5) is 70.2. The third kappa shape index (κ3) is 7.16. The number of benzene rings is 1. The summed E-state index contributed by atoms with van der Waals surface area (Å²) in [5.41, 5.74) is 1.40. The molecule has 2 aliphatic heterocycles. The Morgan fingerprint density at radius 1 is 0.897 bits per heavy atom. The van der Waals surface area contributed by atoms with Crippen molar-refractivity contribution in [3.05, 3.63) is 29.8 Å². The number of nitrogens with zero attached hydrogens (tertiary/aromatic N) is 3. The van der Waals surface area contributed by atoms with Gasteiger partial charge in [-0.2, -0.15) is 0 Å². The average molecular weight is 542 g/mol. The van der Waals surface area contributed by atoms with Crippen LogP contribution in [0, 0.1) is 11.8 Å². The molecule has 1 aromatic rings. The molecule has 2 aliphatic rings. The molecule has 2 fully saturated rings. The zero-order valence-corrected chi connectivity index (χ0v) is 24.2. The number of ketones is 1. The van der Waals surface area contributed by atoms with Crippen molar-refractivity contribution in [1.82, 2.24) is 20.4 Å². The molecule has 10 nitrogen and oxygen atoms in total. The first-order valence-corrected chi connectivity index (χ1v) is 13.8. The van der Waals surface area contributed by atoms with E-state index in [4.69, 9.17) is 0 Å². The Labute approximate surface area is 231 Å². The lowest BCUT2D eigenvalue weighted by atomic mass is 10.0. The maximum absolute atomic E-state index is 13.8. The van der Waals surface area contributed by atoms with Crippen molar-refractivity contribution in [1.29, 1.82) is 0 Å². The summed E-state index contributed by atoms with van der Waals surface area (Å²) in [7, 11) is 3.83. The van der Waals surface area contributed by atoms with Crippen LogP contribution < -0.4 is 15.5 Å². The number of hydrogen-bond donors (Lipinski definition) is 2. The summed E-state index contributed by atoms with van der Waals surface area (Å²) < 4.78 is 0. The summed E-state index contributed by atoms with van der Waals surface area (Å²) in [6.45, 7) is 9.48. The van der Waals surface area contributed by atoms with Crippen LogP contribution in [0.3, 0.4) is 0 Å². The number of carbonyl (C=O) groups is 5. The number of likely N-dealkylation sites (tertiary alicyclic amines) is 2. The highest BCUT2D eigenvalue weighted by molar-refractivity contribution is 6.01. The third-order valence-corrected chi connectivity index (χ3v) is 7.33. The van der Waals surface area contributed by atoms with Crippen LogP contribution in [-0.4, -0.2) is 90.6 Å². The van der Waals surface area contributed by atoms with Crippen molar-refractivity contribution in [3.63, 3.8) is 0 Å². The fourth-order valence-electron chi connectivity index (χ4n) is 5.54. The molecule has 2 heterocycles. The molecule has 214 valence electrons. The fourth-order valence-corrected chi connectivity index (χ4v) is 5.54. The van der Waals surface area contributed by atoms with Gasteiger partial charge in [-0.15, -0.1) is 0 Å². The van der Waals surface area contributed by atoms with Crippen LogP contribution in [0.5, 0.6) is 0 Å². The summed E-state index contributed by atoms with van der Waals surface area (Å²) in [6, 6.07) is 4.43. The van der Waals surface area contributed by atoms with Gasteiger partial charge >= 0.3 is 0 Å². The lowest BCUT2D eigenvalue weighted by Gasteiger charge is -2.30. The van der Waals surface area contributed by atoms with E-state index in [1.54, 1.807) is 17.0 Å². The maximum Gasteiger partial charge on any atom is 0.251 e. The van der Waals surface area contributed by atoms with Gasteiger partial charge < -0.3 is 25.3 Å². The molecule has 2 saturated heterocycles. The van der Waals surface area contributed by atoms with Crippen LogP contribution in [0.1, 0.15) is 64.2 Å². The first-order chi connectivity index (χ1) is 18.3. The summed E-state index contributed by atoms with van der Waals surface area (Å²) in [5, 5.41) is 5.63. The van der Waals surface area contributed by atoms with Gasteiger partial charge in [0.25, 0.3) is 5.91 Å². The largest absolute Gasteiger partial charge is 0.378 e. The molecule has 0 aliphatic carbocycles. The van der Waals surface area contributed by atoms with E-state index in [9.17, 15) is 24.0 Å². The van der Waals surface area contributed by atoms with Gasteiger partial charge in [-0.3, -0.25) is 24.0 Å². The molecular formula is C29H43N5O5. The summed E-state index contributed by atoms with van der Waals surface area (Å²) >= 11 is 0. The van der Waals surface area contributed by atoms with E-state index in [2.05, 4.69) is 10.6 Å². The van der Waals surface area contributed by atoms with Crippen LogP contribution in [0.4, 0.5) is 5.69 Å². The zero-order valence-electron chi connectivity index (χ0n) is 24.2. The number of Topliss-reactive ketones (excluding diaryl/α,β-unsaturated/α-hetero) is 1. The predicted molar refractivity (Wildman–Crippen MR) is 149 cm³/mol. The Morgan fingerprint density at radius 3 is 1.95 bits per heavy atom. The molecule has 4 atom stereocenters. The third-order valence-electron chi connectivity index (χ3n) is 7.33. The molecule has 3 rings (SSSR count). The summed E-state index contributed by atoms with van der Waals surface area (Å²) in [6.07, 6.45) is 1.35. The highest BCUT2D eigenvalue weighted by Gasteiger charge is 2.53. The molecule has 4 amide bonds. The number of amides is 4.